The molecule has 1 saturated carbocycles. The Hall–Kier alpha value is -0.770. The summed E-state index contributed by atoms with van der Waals surface area (Å²) in [5.41, 5.74) is 0.0581. The minimum absolute atomic E-state index is 0.131. The van der Waals surface area contributed by atoms with Gasteiger partial charge in [0.1, 0.15) is 6.10 Å². The van der Waals surface area contributed by atoms with Gasteiger partial charge in [-0.25, -0.2) is 4.79 Å². The van der Waals surface area contributed by atoms with Crippen molar-refractivity contribution in [1.82, 2.24) is 10.6 Å². The number of carbonyl (C=O) groups is 1. The summed E-state index contributed by atoms with van der Waals surface area (Å²) >= 11 is 0. The molecule has 1 saturated heterocycles. The zero-order valence-electron chi connectivity index (χ0n) is 11.1. The number of alkyl carbamates (subject to hydrolysis) is 1. The first-order valence-corrected chi connectivity index (χ1v) is 6.61. The van der Waals surface area contributed by atoms with E-state index in [0.29, 0.717) is 0 Å². The van der Waals surface area contributed by atoms with E-state index >= 15 is 0 Å². The summed E-state index contributed by atoms with van der Waals surface area (Å²) < 4.78 is 5.58. The first kappa shape index (κ1) is 12.7. The third kappa shape index (κ3) is 2.92. The molecule has 0 aromatic rings. The zero-order chi connectivity index (χ0) is 12.5. The van der Waals surface area contributed by atoms with Crippen LogP contribution in [0.1, 0.15) is 46.5 Å². The fourth-order valence-corrected chi connectivity index (χ4v) is 2.82. The van der Waals surface area contributed by atoms with Crippen molar-refractivity contribution in [3.8, 4) is 0 Å². The maximum absolute atomic E-state index is 11.7. The number of hydrogen-bond donors (Lipinski definition) is 2. The monoisotopic (exact) mass is 240 g/mol. The summed E-state index contributed by atoms with van der Waals surface area (Å²) in [5.74, 6) is 0. The lowest BCUT2D eigenvalue weighted by atomic mass is 9.61. The number of amides is 1. The molecule has 1 aliphatic heterocycles. The van der Waals surface area contributed by atoms with Crippen molar-refractivity contribution in [2.24, 2.45) is 5.41 Å². The molecule has 2 rings (SSSR count). The minimum Gasteiger partial charge on any atom is -0.446 e. The van der Waals surface area contributed by atoms with Crippen LogP contribution >= 0.6 is 0 Å². The molecule has 4 nitrogen and oxygen atoms in total. The molecule has 98 valence electrons. The molecule has 2 aliphatic rings. The first-order valence-electron chi connectivity index (χ1n) is 6.61. The molecule has 17 heavy (non-hydrogen) atoms. The molecule has 1 atom stereocenters. The Kier molecular flexibility index (Phi) is 3.34. The van der Waals surface area contributed by atoms with Crippen LogP contribution in [0, 0.1) is 5.41 Å². The Balaban J connectivity index is 1.85. The number of piperidine rings is 1. The van der Waals surface area contributed by atoms with Crippen molar-refractivity contribution in [2.45, 2.75) is 58.1 Å². The predicted molar refractivity (Wildman–Crippen MR) is 66.9 cm³/mol. The predicted octanol–water partition coefficient (Wildman–Crippen LogP) is 2.04. The van der Waals surface area contributed by atoms with Crippen molar-refractivity contribution in [2.75, 3.05) is 13.1 Å². The molecule has 2 N–H and O–H groups in total. The fraction of sp³-hybridized carbons (Fsp3) is 0.923. The Bertz CT molecular complexity index is 290. The van der Waals surface area contributed by atoms with Crippen LogP contribution in [0.15, 0.2) is 0 Å². The van der Waals surface area contributed by atoms with E-state index in [9.17, 15) is 4.79 Å². The summed E-state index contributed by atoms with van der Waals surface area (Å²) in [4.78, 5) is 11.7. The van der Waals surface area contributed by atoms with Crippen LogP contribution in [0.2, 0.25) is 0 Å². The molecule has 1 unspecified atom stereocenters. The second-order valence-corrected chi connectivity index (χ2v) is 6.42. The summed E-state index contributed by atoms with van der Waals surface area (Å²) in [6, 6.07) is 0. The minimum atomic E-state index is -0.264. The SMILES string of the molecule is CC(C)(C)NC(=O)OC1CCC12CCNCC2. The molecule has 0 bridgehead atoms. The third-order valence-electron chi connectivity index (χ3n) is 3.91. The first-order chi connectivity index (χ1) is 7.91. The number of ether oxygens (including phenoxy) is 1. The van der Waals surface area contributed by atoms with Gasteiger partial charge in [-0.2, -0.15) is 0 Å². The lowest BCUT2D eigenvalue weighted by Gasteiger charge is -2.51. The zero-order valence-corrected chi connectivity index (χ0v) is 11.1. The second kappa shape index (κ2) is 4.48. The van der Waals surface area contributed by atoms with Crippen molar-refractivity contribution < 1.29 is 9.53 Å². The van der Waals surface area contributed by atoms with Gasteiger partial charge in [-0.3, -0.25) is 0 Å². The van der Waals surface area contributed by atoms with Gasteiger partial charge in [-0.15, -0.1) is 0 Å². The Morgan fingerprint density at radius 2 is 1.94 bits per heavy atom. The van der Waals surface area contributed by atoms with Gasteiger partial charge in [-0.05, 0) is 59.5 Å². The van der Waals surface area contributed by atoms with E-state index < -0.39 is 0 Å². The number of rotatable bonds is 1. The van der Waals surface area contributed by atoms with E-state index in [0.717, 1.165) is 32.4 Å². The summed E-state index contributed by atoms with van der Waals surface area (Å²) in [6.45, 7) is 8.02. The summed E-state index contributed by atoms with van der Waals surface area (Å²) in [7, 11) is 0. The van der Waals surface area contributed by atoms with Crippen LogP contribution in [0.25, 0.3) is 0 Å². The molecule has 1 amide bonds. The smallest absolute Gasteiger partial charge is 0.407 e. The Morgan fingerprint density at radius 3 is 2.41 bits per heavy atom. The van der Waals surface area contributed by atoms with Crippen LogP contribution < -0.4 is 10.6 Å². The molecule has 1 aliphatic carbocycles. The van der Waals surface area contributed by atoms with Crippen LogP contribution in [-0.2, 0) is 4.74 Å². The Morgan fingerprint density at radius 1 is 1.29 bits per heavy atom. The third-order valence-corrected chi connectivity index (χ3v) is 3.91. The largest absolute Gasteiger partial charge is 0.446 e. The molecule has 0 radical (unpaired) electrons. The average Bonchev–Trinajstić information content (AvgIpc) is 2.23. The highest BCUT2D eigenvalue weighted by Gasteiger charge is 2.49. The standard InChI is InChI=1S/C13H24N2O2/c1-12(2,3)15-11(16)17-10-4-5-13(10)6-8-14-9-7-13/h10,14H,4-9H2,1-3H3,(H,15,16). The van der Waals surface area contributed by atoms with Gasteiger partial charge < -0.3 is 15.4 Å². The highest BCUT2D eigenvalue weighted by Crippen LogP contribution is 2.49. The molecule has 4 heteroatoms. The highest BCUT2D eigenvalue weighted by atomic mass is 16.6. The quantitative estimate of drug-likeness (QED) is 0.737. The van der Waals surface area contributed by atoms with E-state index in [4.69, 9.17) is 4.74 Å². The highest BCUT2D eigenvalue weighted by molar-refractivity contribution is 5.68. The lowest BCUT2D eigenvalue weighted by molar-refractivity contribution is -0.0896. The van der Waals surface area contributed by atoms with E-state index in [-0.39, 0.29) is 23.2 Å². The van der Waals surface area contributed by atoms with Crippen LogP contribution in [0.5, 0.6) is 0 Å². The van der Waals surface area contributed by atoms with Crippen LogP contribution in [0.3, 0.4) is 0 Å². The molecular formula is C13H24N2O2. The molecule has 1 spiro atoms. The van der Waals surface area contributed by atoms with Crippen LogP contribution in [0.4, 0.5) is 4.79 Å². The second-order valence-electron chi connectivity index (χ2n) is 6.42. The normalized spacial score (nSPS) is 27.4. The molecule has 2 fully saturated rings. The Labute approximate surface area is 103 Å². The van der Waals surface area contributed by atoms with E-state index in [1.165, 1.54) is 6.42 Å². The molecule has 0 aromatic heterocycles. The molecule has 0 aromatic carbocycles. The topological polar surface area (TPSA) is 50.4 Å². The lowest BCUT2D eigenvalue weighted by Crippen LogP contribution is -2.54. The summed E-state index contributed by atoms with van der Waals surface area (Å²) in [5, 5.41) is 6.23. The maximum Gasteiger partial charge on any atom is 0.407 e. The summed E-state index contributed by atoms with van der Waals surface area (Å²) in [6.07, 6.45) is 4.38. The van der Waals surface area contributed by atoms with Gasteiger partial charge >= 0.3 is 6.09 Å². The van der Waals surface area contributed by atoms with Gasteiger partial charge in [-0.1, -0.05) is 0 Å². The van der Waals surface area contributed by atoms with Crippen molar-refractivity contribution in [3.05, 3.63) is 0 Å². The molecular weight excluding hydrogens is 216 g/mol. The number of hydrogen-bond acceptors (Lipinski definition) is 3. The van der Waals surface area contributed by atoms with Crippen molar-refractivity contribution in [1.29, 1.82) is 0 Å². The number of nitrogens with one attached hydrogen (secondary N) is 2. The van der Waals surface area contributed by atoms with Gasteiger partial charge in [0.15, 0.2) is 0 Å². The van der Waals surface area contributed by atoms with E-state index in [1.807, 2.05) is 20.8 Å². The maximum atomic E-state index is 11.7. The van der Waals surface area contributed by atoms with Crippen molar-refractivity contribution >= 4 is 6.09 Å². The van der Waals surface area contributed by atoms with Gasteiger partial charge in [0.25, 0.3) is 0 Å². The average molecular weight is 240 g/mol. The van der Waals surface area contributed by atoms with Gasteiger partial charge in [0.2, 0.25) is 0 Å². The van der Waals surface area contributed by atoms with Gasteiger partial charge in [0.05, 0.1) is 0 Å². The van der Waals surface area contributed by atoms with Crippen LogP contribution in [-0.4, -0.2) is 30.8 Å². The molecule has 1 heterocycles. The van der Waals surface area contributed by atoms with Gasteiger partial charge in [0, 0.05) is 11.0 Å². The van der Waals surface area contributed by atoms with Crippen molar-refractivity contribution in [3.63, 3.8) is 0 Å². The van der Waals surface area contributed by atoms with E-state index in [2.05, 4.69) is 10.6 Å². The number of carbonyl (C=O) groups excluding carboxylic acids is 1. The van der Waals surface area contributed by atoms with E-state index in [1.54, 1.807) is 0 Å². The fourth-order valence-electron chi connectivity index (χ4n) is 2.82.